The Morgan fingerprint density at radius 2 is 2.25 bits per heavy atom. The first-order valence-corrected chi connectivity index (χ1v) is 7.70. The van der Waals surface area contributed by atoms with E-state index in [1.165, 1.54) is 11.6 Å². The highest BCUT2D eigenvalue weighted by Gasteiger charge is 2.30. The van der Waals surface area contributed by atoms with Crippen LogP contribution < -0.4 is 0 Å². The average molecular weight is 289 g/mol. The number of carbonyl (C=O) groups is 1. The monoisotopic (exact) mass is 289 g/mol. The molecule has 1 aromatic heterocycles. The lowest BCUT2D eigenvalue weighted by Crippen LogP contribution is -2.30. The summed E-state index contributed by atoms with van der Waals surface area (Å²) in [7, 11) is 0. The molecule has 4 heteroatoms. The summed E-state index contributed by atoms with van der Waals surface area (Å²) in [5.74, 6) is -0.265. The minimum absolute atomic E-state index is 0.00167. The van der Waals surface area contributed by atoms with Gasteiger partial charge in [-0.3, -0.25) is 4.79 Å². The number of thiophene rings is 1. The number of amides is 1. The number of carbonyl (C=O) groups excluding carboxylic acids is 1. The van der Waals surface area contributed by atoms with Gasteiger partial charge in [-0.1, -0.05) is 0 Å². The largest absolute Gasteiger partial charge is 0.332 e. The maximum Gasteiger partial charge on any atom is 0.254 e. The number of likely N-dealkylation sites (tertiary alicyclic amines) is 1. The van der Waals surface area contributed by atoms with Gasteiger partial charge in [-0.2, -0.15) is 11.3 Å². The molecule has 1 unspecified atom stereocenters. The summed E-state index contributed by atoms with van der Waals surface area (Å²) in [6.07, 6.45) is 2.02. The first kappa shape index (κ1) is 13.3. The molecule has 0 aliphatic carbocycles. The van der Waals surface area contributed by atoms with Crippen LogP contribution in [0.4, 0.5) is 4.39 Å². The van der Waals surface area contributed by atoms with Gasteiger partial charge in [-0.05, 0) is 65.9 Å². The molecule has 1 aromatic carbocycles. The van der Waals surface area contributed by atoms with Crippen LogP contribution in [0, 0.1) is 12.7 Å². The SMILES string of the molecule is Cc1cc(C(=O)N2CCCC2c2ccsc2)ccc1F. The molecule has 0 spiro atoms. The van der Waals surface area contributed by atoms with Gasteiger partial charge in [0.1, 0.15) is 5.82 Å². The van der Waals surface area contributed by atoms with Gasteiger partial charge in [0, 0.05) is 12.1 Å². The molecule has 1 aliphatic rings. The van der Waals surface area contributed by atoms with Crippen LogP contribution >= 0.6 is 11.3 Å². The van der Waals surface area contributed by atoms with E-state index in [2.05, 4.69) is 11.4 Å². The van der Waals surface area contributed by atoms with Crippen LogP contribution in [0.3, 0.4) is 0 Å². The third kappa shape index (κ3) is 2.36. The van der Waals surface area contributed by atoms with Crippen molar-refractivity contribution in [1.29, 1.82) is 0 Å². The topological polar surface area (TPSA) is 20.3 Å². The summed E-state index contributed by atoms with van der Waals surface area (Å²) in [5, 5.41) is 4.14. The van der Waals surface area contributed by atoms with E-state index in [9.17, 15) is 9.18 Å². The Morgan fingerprint density at radius 3 is 2.95 bits per heavy atom. The van der Waals surface area contributed by atoms with Gasteiger partial charge in [0.15, 0.2) is 0 Å². The van der Waals surface area contributed by atoms with Crippen LogP contribution in [0.15, 0.2) is 35.0 Å². The summed E-state index contributed by atoms with van der Waals surface area (Å²) in [5.41, 5.74) is 2.30. The van der Waals surface area contributed by atoms with Crippen LogP contribution in [-0.4, -0.2) is 17.4 Å². The van der Waals surface area contributed by atoms with Gasteiger partial charge in [0.25, 0.3) is 5.91 Å². The standard InChI is InChI=1S/C16H16FNOS/c1-11-9-12(4-5-14(11)17)16(19)18-7-2-3-15(18)13-6-8-20-10-13/h4-6,8-10,15H,2-3,7H2,1H3. The van der Waals surface area contributed by atoms with E-state index in [4.69, 9.17) is 0 Å². The van der Waals surface area contributed by atoms with E-state index in [-0.39, 0.29) is 17.8 Å². The van der Waals surface area contributed by atoms with Gasteiger partial charge in [0.2, 0.25) is 0 Å². The molecule has 20 heavy (non-hydrogen) atoms. The zero-order valence-electron chi connectivity index (χ0n) is 11.3. The molecule has 3 rings (SSSR count). The van der Waals surface area contributed by atoms with Crippen LogP contribution in [0.25, 0.3) is 0 Å². The van der Waals surface area contributed by atoms with Crippen LogP contribution in [-0.2, 0) is 0 Å². The molecule has 0 saturated carbocycles. The Balaban J connectivity index is 1.87. The third-order valence-electron chi connectivity index (χ3n) is 3.85. The number of aryl methyl sites for hydroxylation is 1. The summed E-state index contributed by atoms with van der Waals surface area (Å²) < 4.78 is 13.3. The predicted molar refractivity (Wildman–Crippen MR) is 78.5 cm³/mol. The van der Waals surface area contributed by atoms with E-state index in [0.29, 0.717) is 11.1 Å². The van der Waals surface area contributed by atoms with Crippen molar-refractivity contribution in [2.75, 3.05) is 6.54 Å². The number of benzene rings is 1. The number of nitrogens with zero attached hydrogens (tertiary/aromatic N) is 1. The van der Waals surface area contributed by atoms with Gasteiger partial charge in [-0.15, -0.1) is 0 Å². The van der Waals surface area contributed by atoms with Gasteiger partial charge in [0.05, 0.1) is 6.04 Å². The first-order chi connectivity index (χ1) is 9.66. The second-order valence-electron chi connectivity index (χ2n) is 5.18. The Kier molecular flexibility index (Phi) is 3.57. The molecule has 1 aliphatic heterocycles. The first-order valence-electron chi connectivity index (χ1n) is 6.76. The van der Waals surface area contributed by atoms with E-state index >= 15 is 0 Å². The molecule has 2 aromatic rings. The van der Waals surface area contributed by atoms with Crippen molar-refractivity contribution in [1.82, 2.24) is 4.90 Å². The van der Waals surface area contributed by atoms with Gasteiger partial charge >= 0.3 is 0 Å². The number of halogens is 1. The molecule has 1 saturated heterocycles. The molecule has 0 bridgehead atoms. The Hall–Kier alpha value is -1.68. The molecule has 2 nitrogen and oxygen atoms in total. The molecule has 104 valence electrons. The number of hydrogen-bond acceptors (Lipinski definition) is 2. The fraction of sp³-hybridized carbons (Fsp3) is 0.312. The molecule has 2 heterocycles. The van der Waals surface area contributed by atoms with Crippen LogP contribution in [0.1, 0.15) is 40.4 Å². The van der Waals surface area contributed by atoms with Crippen molar-refractivity contribution in [2.24, 2.45) is 0 Å². The quantitative estimate of drug-likeness (QED) is 0.812. The summed E-state index contributed by atoms with van der Waals surface area (Å²) in [4.78, 5) is 14.5. The summed E-state index contributed by atoms with van der Waals surface area (Å²) >= 11 is 1.65. The third-order valence-corrected chi connectivity index (χ3v) is 4.55. The molecule has 0 N–H and O–H groups in total. The summed E-state index contributed by atoms with van der Waals surface area (Å²) in [6.45, 7) is 2.46. The number of hydrogen-bond donors (Lipinski definition) is 0. The smallest absolute Gasteiger partial charge is 0.254 e. The molecule has 1 atom stereocenters. The zero-order chi connectivity index (χ0) is 14.1. The van der Waals surface area contributed by atoms with E-state index < -0.39 is 0 Å². The van der Waals surface area contributed by atoms with Gasteiger partial charge < -0.3 is 4.90 Å². The molecule has 0 radical (unpaired) electrons. The predicted octanol–water partition coefficient (Wildman–Crippen LogP) is 4.17. The Morgan fingerprint density at radius 1 is 1.40 bits per heavy atom. The van der Waals surface area contributed by atoms with E-state index in [0.717, 1.165) is 19.4 Å². The van der Waals surface area contributed by atoms with Gasteiger partial charge in [-0.25, -0.2) is 4.39 Å². The molecular weight excluding hydrogens is 273 g/mol. The second-order valence-corrected chi connectivity index (χ2v) is 5.96. The van der Waals surface area contributed by atoms with Crippen molar-refractivity contribution in [3.63, 3.8) is 0 Å². The zero-order valence-corrected chi connectivity index (χ0v) is 12.1. The Bertz CT molecular complexity index is 623. The maximum atomic E-state index is 13.3. The van der Waals surface area contributed by atoms with Crippen molar-refractivity contribution in [2.45, 2.75) is 25.8 Å². The van der Waals surface area contributed by atoms with Crippen molar-refractivity contribution < 1.29 is 9.18 Å². The normalized spacial score (nSPS) is 18.5. The number of rotatable bonds is 2. The highest BCUT2D eigenvalue weighted by Crippen LogP contribution is 2.34. The van der Waals surface area contributed by atoms with Crippen LogP contribution in [0.2, 0.25) is 0 Å². The highest BCUT2D eigenvalue weighted by atomic mass is 32.1. The average Bonchev–Trinajstić information content (AvgIpc) is 3.10. The van der Waals surface area contributed by atoms with E-state index in [1.807, 2.05) is 10.3 Å². The molecular formula is C16H16FNOS. The maximum absolute atomic E-state index is 13.3. The van der Waals surface area contributed by atoms with Crippen molar-refractivity contribution in [3.05, 3.63) is 57.5 Å². The summed E-state index contributed by atoms with van der Waals surface area (Å²) in [6, 6.07) is 6.84. The minimum atomic E-state index is -0.266. The fourth-order valence-corrected chi connectivity index (χ4v) is 3.47. The minimum Gasteiger partial charge on any atom is -0.332 e. The lowest BCUT2D eigenvalue weighted by atomic mass is 10.1. The Labute approximate surface area is 121 Å². The highest BCUT2D eigenvalue weighted by molar-refractivity contribution is 7.07. The lowest BCUT2D eigenvalue weighted by molar-refractivity contribution is 0.0736. The van der Waals surface area contributed by atoms with Crippen molar-refractivity contribution >= 4 is 17.2 Å². The second kappa shape index (κ2) is 5.37. The van der Waals surface area contributed by atoms with Crippen molar-refractivity contribution in [3.8, 4) is 0 Å². The molecule has 1 fully saturated rings. The molecule has 1 amide bonds. The van der Waals surface area contributed by atoms with Crippen LogP contribution in [0.5, 0.6) is 0 Å². The lowest BCUT2D eigenvalue weighted by Gasteiger charge is -2.24. The fourth-order valence-electron chi connectivity index (χ4n) is 2.76. The van der Waals surface area contributed by atoms with E-state index in [1.54, 1.807) is 30.4 Å².